The first kappa shape index (κ1) is 16.0. The van der Waals surface area contributed by atoms with Gasteiger partial charge in [0.15, 0.2) is 0 Å². The fraction of sp³-hybridized carbons (Fsp3) is 0.533. The molecule has 1 amide bonds. The highest BCUT2D eigenvalue weighted by Crippen LogP contribution is 2.14. The number of benzene rings is 1. The van der Waals surface area contributed by atoms with E-state index >= 15 is 0 Å². The van der Waals surface area contributed by atoms with Crippen molar-refractivity contribution in [1.82, 2.24) is 5.32 Å². The van der Waals surface area contributed by atoms with Gasteiger partial charge in [-0.3, -0.25) is 4.79 Å². The molecule has 1 unspecified atom stereocenters. The number of carbonyl (C=O) groups is 1. The summed E-state index contributed by atoms with van der Waals surface area (Å²) in [6, 6.07) is 7.50. The van der Waals surface area contributed by atoms with Gasteiger partial charge in [0.05, 0.1) is 0 Å². The quantitative estimate of drug-likeness (QED) is 0.808. The van der Waals surface area contributed by atoms with Crippen LogP contribution in [0.25, 0.3) is 0 Å². The lowest BCUT2D eigenvalue weighted by molar-refractivity contribution is -0.122. The van der Waals surface area contributed by atoms with Gasteiger partial charge in [-0.25, -0.2) is 0 Å². The molecule has 0 aliphatic rings. The molecule has 1 aromatic rings. The first-order valence-electron chi connectivity index (χ1n) is 6.72. The average Bonchev–Trinajstić information content (AvgIpc) is 2.35. The highest BCUT2D eigenvalue weighted by molar-refractivity contribution is 6.30. The van der Waals surface area contributed by atoms with Crippen LogP contribution in [0.3, 0.4) is 0 Å². The van der Waals surface area contributed by atoms with Gasteiger partial charge in [-0.05, 0) is 42.5 Å². The molecule has 0 heterocycles. The van der Waals surface area contributed by atoms with Crippen molar-refractivity contribution in [3.8, 4) is 0 Å². The third-order valence-electron chi connectivity index (χ3n) is 2.99. The Bertz CT molecular complexity index is 407. The molecular weight excluding hydrogens is 260 g/mol. The minimum atomic E-state index is 0.0519. The molecule has 1 atom stereocenters. The molecule has 0 radical (unpaired) electrons. The Morgan fingerprint density at radius 3 is 2.74 bits per heavy atom. The van der Waals surface area contributed by atoms with E-state index in [1.165, 1.54) is 0 Å². The van der Waals surface area contributed by atoms with Crippen molar-refractivity contribution in [1.29, 1.82) is 0 Å². The number of amides is 1. The van der Waals surface area contributed by atoms with Crippen LogP contribution in [-0.4, -0.2) is 12.5 Å². The molecule has 0 aliphatic heterocycles. The van der Waals surface area contributed by atoms with Crippen LogP contribution < -0.4 is 11.1 Å². The lowest BCUT2D eigenvalue weighted by Gasteiger charge is -2.16. The number of rotatable bonds is 7. The maximum absolute atomic E-state index is 11.9. The van der Waals surface area contributed by atoms with Crippen LogP contribution in [0.15, 0.2) is 24.3 Å². The maximum Gasteiger partial charge on any atom is 0.220 e. The molecule has 0 aliphatic carbocycles. The second-order valence-corrected chi connectivity index (χ2v) is 5.78. The molecule has 0 aromatic heterocycles. The molecule has 19 heavy (non-hydrogen) atoms. The molecule has 0 bridgehead atoms. The molecule has 0 fully saturated rings. The molecule has 0 saturated heterocycles. The Morgan fingerprint density at radius 1 is 1.42 bits per heavy atom. The maximum atomic E-state index is 11.9. The van der Waals surface area contributed by atoms with Gasteiger partial charge in [0, 0.05) is 18.0 Å². The Kier molecular flexibility index (Phi) is 6.89. The minimum absolute atomic E-state index is 0.0519. The summed E-state index contributed by atoms with van der Waals surface area (Å²) in [7, 11) is 0. The van der Waals surface area contributed by atoms with E-state index in [1.807, 2.05) is 24.3 Å². The van der Waals surface area contributed by atoms with Crippen LogP contribution in [-0.2, 0) is 11.3 Å². The normalized spacial score (nSPS) is 12.5. The number of hydrogen-bond acceptors (Lipinski definition) is 2. The first-order valence-corrected chi connectivity index (χ1v) is 7.10. The Balaban J connectivity index is 2.38. The summed E-state index contributed by atoms with van der Waals surface area (Å²) in [5.41, 5.74) is 6.71. The molecule has 1 aromatic carbocycles. The zero-order valence-corrected chi connectivity index (χ0v) is 12.4. The summed E-state index contributed by atoms with van der Waals surface area (Å²) in [5.74, 6) is 0.879. The zero-order valence-electron chi connectivity index (χ0n) is 11.7. The Labute approximate surface area is 120 Å². The van der Waals surface area contributed by atoms with Crippen LogP contribution >= 0.6 is 11.6 Å². The highest BCUT2D eigenvalue weighted by Gasteiger charge is 2.13. The van der Waals surface area contributed by atoms with Gasteiger partial charge in [-0.2, -0.15) is 0 Å². The predicted molar refractivity (Wildman–Crippen MR) is 79.9 cm³/mol. The van der Waals surface area contributed by atoms with Crippen molar-refractivity contribution in [3.63, 3.8) is 0 Å². The summed E-state index contributed by atoms with van der Waals surface area (Å²) < 4.78 is 0. The molecule has 106 valence electrons. The smallest absolute Gasteiger partial charge is 0.220 e. The average molecular weight is 283 g/mol. The lowest BCUT2D eigenvalue weighted by Crippen LogP contribution is -2.28. The van der Waals surface area contributed by atoms with Gasteiger partial charge < -0.3 is 11.1 Å². The zero-order chi connectivity index (χ0) is 14.3. The highest BCUT2D eigenvalue weighted by atomic mass is 35.5. The van der Waals surface area contributed by atoms with Crippen LogP contribution in [0.5, 0.6) is 0 Å². The third-order valence-corrected chi connectivity index (χ3v) is 3.23. The standard InChI is InChI=1S/C15H23ClN2O/c1-11(2)6-13(9-17)8-15(19)18-10-12-4-3-5-14(16)7-12/h3-5,7,11,13H,6,8-10,17H2,1-2H3,(H,18,19). The van der Waals surface area contributed by atoms with Crippen molar-refractivity contribution >= 4 is 17.5 Å². The van der Waals surface area contributed by atoms with Crippen molar-refractivity contribution in [2.75, 3.05) is 6.54 Å². The van der Waals surface area contributed by atoms with Crippen molar-refractivity contribution in [2.45, 2.75) is 33.2 Å². The van der Waals surface area contributed by atoms with Crippen LogP contribution in [0.1, 0.15) is 32.3 Å². The van der Waals surface area contributed by atoms with Gasteiger partial charge in [-0.15, -0.1) is 0 Å². The monoisotopic (exact) mass is 282 g/mol. The van der Waals surface area contributed by atoms with Crippen molar-refractivity contribution in [3.05, 3.63) is 34.9 Å². The SMILES string of the molecule is CC(C)CC(CN)CC(=O)NCc1cccc(Cl)c1. The fourth-order valence-corrected chi connectivity index (χ4v) is 2.32. The lowest BCUT2D eigenvalue weighted by atomic mass is 9.94. The van der Waals surface area contributed by atoms with E-state index in [9.17, 15) is 4.79 Å². The first-order chi connectivity index (χ1) is 9.01. The largest absolute Gasteiger partial charge is 0.352 e. The van der Waals surface area contributed by atoms with E-state index in [2.05, 4.69) is 19.2 Å². The minimum Gasteiger partial charge on any atom is -0.352 e. The summed E-state index contributed by atoms with van der Waals surface area (Å²) in [4.78, 5) is 11.9. The summed E-state index contributed by atoms with van der Waals surface area (Å²) in [6.07, 6.45) is 1.48. The van der Waals surface area contributed by atoms with Crippen LogP contribution in [0.2, 0.25) is 5.02 Å². The van der Waals surface area contributed by atoms with Crippen molar-refractivity contribution in [2.24, 2.45) is 17.6 Å². The number of nitrogens with one attached hydrogen (secondary N) is 1. The topological polar surface area (TPSA) is 55.1 Å². The van der Waals surface area contributed by atoms with E-state index in [0.717, 1.165) is 12.0 Å². The third kappa shape index (κ3) is 6.60. The molecule has 0 saturated carbocycles. The Hall–Kier alpha value is -1.06. The summed E-state index contributed by atoms with van der Waals surface area (Å²) in [6.45, 7) is 5.36. The number of hydrogen-bond donors (Lipinski definition) is 2. The number of nitrogens with two attached hydrogens (primary N) is 1. The second-order valence-electron chi connectivity index (χ2n) is 5.34. The molecule has 4 heteroatoms. The molecule has 3 nitrogen and oxygen atoms in total. The predicted octanol–water partition coefficient (Wildman–Crippen LogP) is 2.97. The van der Waals surface area contributed by atoms with Crippen LogP contribution in [0.4, 0.5) is 0 Å². The van der Waals surface area contributed by atoms with Gasteiger partial charge in [0.2, 0.25) is 5.91 Å². The number of carbonyl (C=O) groups excluding carboxylic acids is 1. The van der Waals surface area contributed by atoms with Gasteiger partial charge >= 0.3 is 0 Å². The number of halogens is 1. The second kappa shape index (κ2) is 8.18. The molecule has 3 N–H and O–H groups in total. The van der Waals surface area contributed by atoms with Crippen LogP contribution in [0, 0.1) is 11.8 Å². The fourth-order valence-electron chi connectivity index (χ4n) is 2.11. The van der Waals surface area contributed by atoms with E-state index < -0.39 is 0 Å². The van der Waals surface area contributed by atoms with Crippen molar-refractivity contribution < 1.29 is 4.79 Å². The van der Waals surface area contributed by atoms with Gasteiger partial charge in [0.25, 0.3) is 0 Å². The van der Waals surface area contributed by atoms with E-state index in [0.29, 0.717) is 30.5 Å². The van der Waals surface area contributed by atoms with Gasteiger partial charge in [0.1, 0.15) is 0 Å². The summed E-state index contributed by atoms with van der Waals surface area (Å²) >= 11 is 5.89. The summed E-state index contributed by atoms with van der Waals surface area (Å²) in [5, 5.41) is 3.60. The van der Waals surface area contributed by atoms with E-state index in [-0.39, 0.29) is 11.8 Å². The molecule has 1 rings (SSSR count). The van der Waals surface area contributed by atoms with E-state index in [4.69, 9.17) is 17.3 Å². The molecular formula is C15H23ClN2O. The Morgan fingerprint density at radius 2 is 2.16 bits per heavy atom. The molecule has 0 spiro atoms. The van der Waals surface area contributed by atoms with Gasteiger partial charge in [-0.1, -0.05) is 37.6 Å². The van der Waals surface area contributed by atoms with E-state index in [1.54, 1.807) is 0 Å².